The van der Waals surface area contributed by atoms with E-state index >= 15 is 0 Å². The van der Waals surface area contributed by atoms with E-state index in [-0.39, 0.29) is 52.1 Å². The number of aliphatic hydroxyl groups is 4. The van der Waals surface area contributed by atoms with Crippen LogP contribution < -0.4 is 55.4 Å². The summed E-state index contributed by atoms with van der Waals surface area (Å²) in [7, 11) is -11.4. The molecule has 10 atom stereocenters. The number of primary amides is 1. The van der Waals surface area contributed by atoms with Crippen LogP contribution >= 0.6 is 27.4 Å². The molecular weight excluding hydrogens is 739 g/mol. The Morgan fingerprint density at radius 1 is 1.06 bits per heavy atom. The first kappa shape index (κ1) is 41.1. The van der Waals surface area contributed by atoms with Crippen LogP contribution in [0.25, 0.3) is 11.2 Å². The number of aromatic nitrogens is 5. The van der Waals surface area contributed by atoms with Gasteiger partial charge >= 0.3 is 29.6 Å². The van der Waals surface area contributed by atoms with E-state index in [1.165, 1.54) is 51.7 Å². The number of nitrogen functional groups attached to an aromatic ring is 1. The van der Waals surface area contributed by atoms with E-state index in [1.807, 2.05) is 6.92 Å². The van der Waals surface area contributed by atoms with Gasteiger partial charge in [0.05, 0.1) is 13.2 Å². The molecule has 5 heterocycles. The maximum absolute atomic E-state index is 12.5. The van der Waals surface area contributed by atoms with Crippen molar-refractivity contribution in [2.75, 3.05) is 24.7 Å². The van der Waals surface area contributed by atoms with Crippen LogP contribution in [0.4, 0.5) is 5.82 Å². The topological polar surface area (TPSA) is 324 Å². The summed E-state index contributed by atoms with van der Waals surface area (Å²) < 4.78 is 52.1. The molecule has 2 aliphatic heterocycles. The molecule has 270 valence electrons. The molecule has 2 fully saturated rings. The summed E-state index contributed by atoms with van der Waals surface area (Å²) in [5.41, 5.74) is 11.6. The molecule has 2 saturated heterocycles. The molecule has 5 rings (SSSR count). The smallest absolute Gasteiger partial charge is 0.756 e. The number of amides is 1. The van der Waals surface area contributed by atoms with Crippen LogP contribution in [0.2, 0.25) is 0 Å². The van der Waals surface area contributed by atoms with Crippen LogP contribution in [0.3, 0.4) is 0 Å². The monoisotopic (exact) mass is 773 g/mol. The van der Waals surface area contributed by atoms with Gasteiger partial charge in [0.15, 0.2) is 46.9 Å². The van der Waals surface area contributed by atoms with Gasteiger partial charge in [0.1, 0.15) is 42.4 Å². The quantitative estimate of drug-likeness (QED) is 0.0276. The first-order valence-corrected chi connectivity index (χ1v) is 18.6. The van der Waals surface area contributed by atoms with Crippen LogP contribution in [0, 0.1) is 0 Å². The molecule has 2 aliphatic rings. The minimum absolute atomic E-state index is 0. The summed E-state index contributed by atoms with van der Waals surface area (Å²) in [6.07, 6.45) is -6.77. The number of carbonyl (C=O) groups is 1. The van der Waals surface area contributed by atoms with Crippen LogP contribution in [0.5, 0.6) is 0 Å². The van der Waals surface area contributed by atoms with E-state index in [2.05, 4.69) is 28.3 Å². The zero-order valence-electron chi connectivity index (χ0n) is 26.6. The van der Waals surface area contributed by atoms with Gasteiger partial charge in [-0.05, 0) is 12.5 Å². The number of hydrogen-bond donors (Lipinski definition) is 6. The van der Waals surface area contributed by atoms with Gasteiger partial charge in [-0.2, -0.15) is 4.57 Å². The third-order valence-electron chi connectivity index (χ3n) is 7.53. The second-order valence-corrected chi connectivity index (χ2v) is 15.0. The number of nitrogens with zero attached hydrogens (tertiary/aromatic N) is 5. The minimum atomic E-state index is -5.71. The van der Waals surface area contributed by atoms with Crippen molar-refractivity contribution in [1.29, 1.82) is 0 Å². The molecule has 0 radical (unpaired) electrons. The minimum Gasteiger partial charge on any atom is -0.756 e. The summed E-state index contributed by atoms with van der Waals surface area (Å²) in [4.78, 5) is 48.9. The number of pyridine rings is 1. The third kappa shape index (κ3) is 9.28. The van der Waals surface area contributed by atoms with Gasteiger partial charge in [0.25, 0.3) is 27.8 Å². The molecular formula is C25H34N7NaO14P2S. The molecule has 3 aromatic heterocycles. The average Bonchev–Trinajstić information content (AvgIpc) is 3.65. The molecule has 0 aliphatic carbocycles. The largest absolute Gasteiger partial charge is 1.00 e. The molecule has 3 aromatic rings. The molecule has 50 heavy (non-hydrogen) atoms. The summed E-state index contributed by atoms with van der Waals surface area (Å²) in [5.74, 6) is -0.0864. The van der Waals surface area contributed by atoms with E-state index in [0.29, 0.717) is 10.9 Å². The Morgan fingerprint density at radius 2 is 1.70 bits per heavy atom. The van der Waals surface area contributed by atoms with Crippen molar-refractivity contribution < 1.29 is 101 Å². The average molecular weight is 774 g/mol. The summed E-state index contributed by atoms with van der Waals surface area (Å²) in [5, 5.41) is 42.7. The summed E-state index contributed by atoms with van der Waals surface area (Å²) in [6.45, 7) is 0.0189. The van der Waals surface area contributed by atoms with Gasteiger partial charge in [0, 0.05) is 11.8 Å². The standard InChI is InChI=1S/C25H35N7O14P2S.Na/c1-2-3-7-49-25-30-15-20(26)28-11-29-22(15)32(25)24-19(36)17(34)14(45-24)10-43-48(40,41)46-47(38,39)42-9-13-16(33)18(35)23(44-13)31-6-4-5-12(8-31)21(27)37;/h4-6,8,11,13-14,16-19,23-24,33-36H,2-3,7,9-10H2,1H3,(H5-,26,27,28,29,37,38,39,40,41);/q;+1/p-1/t13-,14-,16-,17-,18-,19-,23-,24-;/m1./s1. The van der Waals surface area contributed by atoms with Crippen molar-refractivity contribution in [2.24, 2.45) is 5.73 Å². The van der Waals surface area contributed by atoms with Crippen molar-refractivity contribution in [3.05, 3.63) is 36.4 Å². The number of imidazole rings is 1. The molecule has 8 N–H and O–H groups in total. The first-order valence-electron chi connectivity index (χ1n) is 14.7. The first-order chi connectivity index (χ1) is 23.1. The van der Waals surface area contributed by atoms with Gasteiger partial charge in [-0.25, -0.2) is 19.3 Å². The molecule has 0 aromatic carbocycles. The van der Waals surface area contributed by atoms with Crippen molar-refractivity contribution in [3.63, 3.8) is 0 Å². The third-order valence-corrected chi connectivity index (χ3v) is 11.1. The van der Waals surface area contributed by atoms with Crippen LogP contribution in [0.15, 0.2) is 36.0 Å². The second kappa shape index (κ2) is 17.0. The number of anilines is 1. The Balaban J connectivity index is 0.00000562. The number of aliphatic hydroxyl groups excluding tert-OH is 4. The Hall–Kier alpha value is -1.66. The second-order valence-electron chi connectivity index (χ2n) is 11.0. The number of ether oxygens (including phenoxy) is 2. The number of thioether (sulfide) groups is 1. The number of fused-ring (bicyclic) bond motifs is 1. The predicted molar refractivity (Wildman–Crippen MR) is 161 cm³/mol. The fourth-order valence-electron chi connectivity index (χ4n) is 5.03. The fourth-order valence-corrected chi connectivity index (χ4v) is 8.15. The van der Waals surface area contributed by atoms with E-state index in [1.54, 1.807) is 0 Å². The fraction of sp³-hybridized carbons (Fsp3) is 0.560. The maximum atomic E-state index is 12.5. The Bertz CT molecular complexity index is 1760. The molecule has 21 nitrogen and oxygen atoms in total. The molecule has 25 heteroatoms. The van der Waals surface area contributed by atoms with E-state index in [9.17, 15) is 44.1 Å². The summed E-state index contributed by atoms with van der Waals surface area (Å²) in [6, 6.07) is 2.81. The predicted octanol–water partition coefficient (Wildman–Crippen LogP) is -5.38. The normalized spacial score (nSPS) is 29.0. The van der Waals surface area contributed by atoms with Crippen molar-refractivity contribution >= 4 is 50.3 Å². The Kier molecular flexibility index (Phi) is 14.0. The number of phosphoric ester groups is 2. The van der Waals surface area contributed by atoms with Crippen LogP contribution in [0.1, 0.15) is 42.6 Å². The van der Waals surface area contributed by atoms with Crippen molar-refractivity contribution in [2.45, 2.75) is 74.0 Å². The van der Waals surface area contributed by atoms with Crippen LogP contribution in [-0.4, -0.2) is 101 Å². The number of unbranched alkanes of at least 4 members (excludes halogenated alkanes) is 1. The van der Waals surface area contributed by atoms with E-state index in [4.69, 9.17) is 20.9 Å². The van der Waals surface area contributed by atoms with Gasteiger partial charge in [0.2, 0.25) is 0 Å². The SMILES string of the molecule is CCCCSc1nc2c(N)ncnc2n1[C@@H]1O[C@H](COP(=O)([O-])OP(=O)([O-])OC[C@H]2O[C@@H]([n+]3cccc(C(N)=O)c3)[C@H](O)[C@@H]2O)[C@@H](O)[C@H]1O.[Na+]. The van der Waals surface area contributed by atoms with Crippen molar-refractivity contribution in [3.8, 4) is 0 Å². The van der Waals surface area contributed by atoms with Gasteiger partial charge in [-0.15, -0.1) is 0 Å². The van der Waals surface area contributed by atoms with Crippen molar-refractivity contribution in [1.82, 2.24) is 19.5 Å². The molecule has 2 unspecified atom stereocenters. The van der Waals surface area contributed by atoms with Gasteiger partial charge in [-0.3, -0.25) is 18.5 Å². The Morgan fingerprint density at radius 3 is 2.34 bits per heavy atom. The molecule has 1 amide bonds. The number of rotatable bonds is 15. The van der Waals surface area contributed by atoms with Crippen LogP contribution in [-0.2, 0) is 32.0 Å². The zero-order chi connectivity index (χ0) is 35.7. The van der Waals surface area contributed by atoms with E-state index < -0.39 is 83.8 Å². The Labute approximate surface area is 310 Å². The van der Waals surface area contributed by atoms with Gasteiger partial charge in [-0.1, -0.05) is 25.1 Å². The van der Waals surface area contributed by atoms with Gasteiger partial charge < -0.3 is 60.2 Å². The number of carbonyl (C=O) groups excluding carboxylic acids is 1. The number of phosphoric acid groups is 2. The number of hydrogen-bond acceptors (Lipinski definition) is 19. The molecule has 0 spiro atoms. The summed E-state index contributed by atoms with van der Waals surface area (Å²) >= 11 is 1.31. The number of nitrogens with two attached hydrogens (primary N) is 2. The molecule has 0 saturated carbocycles. The van der Waals surface area contributed by atoms with E-state index in [0.717, 1.165) is 12.8 Å². The molecule has 0 bridgehead atoms. The zero-order valence-corrected chi connectivity index (χ0v) is 31.2. The maximum Gasteiger partial charge on any atom is 1.00 e.